The summed E-state index contributed by atoms with van der Waals surface area (Å²) in [5, 5.41) is 1.86. The Bertz CT molecular complexity index is 749. The van der Waals surface area contributed by atoms with Crippen LogP contribution in [0.5, 0.6) is 0 Å². The van der Waals surface area contributed by atoms with Crippen LogP contribution in [0.15, 0.2) is 53.1 Å². The van der Waals surface area contributed by atoms with Gasteiger partial charge in [0.2, 0.25) is 0 Å². The summed E-state index contributed by atoms with van der Waals surface area (Å²) >= 11 is 9.81. The summed E-state index contributed by atoms with van der Waals surface area (Å²) in [6, 6.07) is 14.0. The van der Waals surface area contributed by atoms with Crippen molar-refractivity contribution < 1.29 is 0 Å². The Kier molecular flexibility index (Phi) is 3.25. The molecule has 0 aliphatic rings. The van der Waals surface area contributed by atoms with Gasteiger partial charge in [-0.1, -0.05) is 51.8 Å². The van der Waals surface area contributed by atoms with E-state index < -0.39 is 0 Å². The number of para-hydroxylation sites is 1. The van der Waals surface area contributed by atoms with Gasteiger partial charge < -0.3 is 10.3 Å². The Balaban J connectivity index is 2.06. The van der Waals surface area contributed by atoms with Crippen molar-refractivity contribution in [2.75, 3.05) is 5.73 Å². The molecule has 0 amide bonds. The first kappa shape index (κ1) is 12.6. The second kappa shape index (κ2) is 4.91. The van der Waals surface area contributed by atoms with E-state index in [-0.39, 0.29) is 0 Å². The highest BCUT2D eigenvalue weighted by atomic mass is 79.9. The maximum Gasteiger partial charge on any atom is 0.0661 e. The molecule has 0 saturated heterocycles. The van der Waals surface area contributed by atoms with Crippen molar-refractivity contribution in [2.24, 2.45) is 0 Å². The van der Waals surface area contributed by atoms with E-state index in [2.05, 4.69) is 26.6 Å². The molecule has 0 bridgehead atoms. The van der Waals surface area contributed by atoms with Crippen LogP contribution in [0.4, 0.5) is 5.69 Å². The molecule has 3 rings (SSSR count). The molecule has 0 unspecified atom stereocenters. The molecule has 19 heavy (non-hydrogen) atoms. The van der Waals surface area contributed by atoms with E-state index in [1.54, 1.807) is 0 Å². The van der Waals surface area contributed by atoms with Crippen molar-refractivity contribution in [3.63, 3.8) is 0 Å². The molecule has 1 aromatic heterocycles. The first-order valence-electron chi connectivity index (χ1n) is 5.92. The number of halogens is 2. The Labute approximate surface area is 124 Å². The Morgan fingerprint density at radius 2 is 1.95 bits per heavy atom. The number of nitrogens with zero attached hydrogens (tertiary/aromatic N) is 1. The fourth-order valence-electron chi connectivity index (χ4n) is 2.21. The first-order valence-corrected chi connectivity index (χ1v) is 7.09. The smallest absolute Gasteiger partial charge is 0.0661 e. The van der Waals surface area contributed by atoms with E-state index in [9.17, 15) is 0 Å². The van der Waals surface area contributed by atoms with Gasteiger partial charge in [0, 0.05) is 33.8 Å². The van der Waals surface area contributed by atoms with E-state index >= 15 is 0 Å². The predicted molar refractivity (Wildman–Crippen MR) is 84.6 cm³/mol. The maximum absolute atomic E-state index is 6.26. The molecular weight excluding hydrogens is 324 g/mol. The number of fused-ring (bicyclic) bond motifs is 1. The fourth-order valence-corrected chi connectivity index (χ4v) is 3.01. The van der Waals surface area contributed by atoms with Crippen molar-refractivity contribution in [3.05, 3.63) is 63.7 Å². The van der Waals surface area contributed by atoms with Gasteiger partial charge in [0.05, 0.1) is 5.02 Å². The standard InChI is InChI=1S/C15H12BrClN2/c16-13-7-11(18)6-5-10(13)8-19-9-14(17)12-3-1-2-4-15(12)19/h1-7,9H,8,18H2. The Hall–Kier alpha value is -1.45. The lowest BCUT2D eigenvalue weighted by Gasteiger charge is -2.08. The third-order valence-corrected chi connectivity index (χ3v) is 4.20. The van der Waals surface area contributed by atoms with E-state index in [1.807, 2.05) is 42.6 Å². The monoisotopic (exact) mass is 334 g/mol. The van der Waals surface area contributed by atoms with Crippen LogP contribution in [0.25, 0.3) is 10.9 Å². The Morgan fingerprint density at radius 3 is 2.74 bits per heavy atom. The van der Waals surface area contributed by atoms with Gasteiger partial charge in [-0.25, -0.2) is 0 Å². The van der Waals surface area contributed by atoms with Gasteiger partial charge in [0.25, 0.3) is 0 Å². The molecule has 4 heteroatoms. The number of hydrogen-bond acceptors (Lipinski definition) is 1. The molecule has 2 nitrogen and oxygen atoms in total. The van der Waals surface area contributed by atoms with Crippen LogP contribution in [0.1, 0.15) is 5.56 Å². The van der Waals surface area contributed by atoms with Crippen molar-refractivity contribution in [1.29, 1.82) is 0 Å². The molecule has 0 atom stereocenters. The van der Waals surface area contributed by atoms with Gasteiger partial charge >= 0.3 is 0 Å². The highest BCUT2D eigenvalue weighted by Gasteiger charge is 2.08. The van der Waals surface area contributed by atoms with Gasteiger partial charge in [-0.05, 0) is 23.8 Å². The molecule has 0 aliphatic heterocycles. The van der Waals surface area contributed by atoms with E-state index in [1.165, 1.54) is 5.56 Å². The normalized spacial score (nSPS) is 11.1. The number of rotatable bonds is 2. The van der Waals surface area contributed by atoms with Gasteiger partial charge in [-0.3, -0.25) is 0 Å². The molecule has 0 aliphatic carbocycles. The average Bonchev–Trinajstić information content (AvgIpc) is 2.71. The summed E-state index contributed by atoms with van der Waals surface area (Å²) in [6.07, 6.45) is 1.97. The lowest BCUT2D eigenvalue weighted by Crippen LogP contribution is -1.99. The van der Waals surface area contributed by atoms with E-state index in [0.717, 1.165) is 32.6 Å². The minimum absolute atomic E-state index is 0.756. The van der Waals surface area contributed by atoms with E-state index in [4.69, 9.17) is 17.3 Å². The fraction of sp³-hybridized carbons (Fsp3) is 0.0667. The molecule has 1 heterocycles. The number of nitrogens with two attached hydrogens (primary N) is 1. The van der Waals surface area contributed by atoms with Crippen molar-refractivity contribution >= 4 is 44.1 Å². The second-order valence-electron chi connectivity index (χ2n) is 4.47. The highest BCUT2D eigenvalue weighted by molar-refractivity contribution is 9.10. The minimum atomic E-state index is 0.756. The summed E-state index contributed by atoms with van der Waals surface area (Å²) in [5.41, 5.74) is 8.82. The highest BCUT2D eigenvalue weighted by Crippen LogP contribution is 2.28. The summed E-state index contributed by atoms with van der Waals surface area (Å²) in [7, 11) is 0. The number of anilines is 1. The molecule has 3 aromatic rings. The van der Waals surface area contributed by atoms with E-state index in [0.29, 0.717) is 0 Å². The van der Waals surface area contributed by atoms with Crippen molar-refractivity contribution in [1.82, 2.24) is 4.57 Å². The second-order valence-corrected chi connectivity index (χ2v) is 5.73. The summed E-state index contributed by atoms with van der Waals surface area (Å²) in [4.78, 5) is 0. The van der Waals surface area contributed by atoms with Crippen LogP contribution in [0.3, 0.4) is 0 Å². The molecule has 0 saturated carbocycles. The predicted octanol–water partition coefficient (Wildman–Crippen LogP) is 4.69. The summed E-state index contributed by atoms with van der Waals surface area (Å²) in [6.45, 7) is 0.758. The lowest BCUT2D eigenvalue weighted by atomic mass is 10.2. The lowest BCUT2D eigenvalue weighted by molar-refractivity contribution is 0.833. The number of aromatic nitrogens is 1. The van der Waals surface area contributed by atoms with Crippen LogP contribution in [0, 0.1) is 0 Å². The number of benzene rings is 2. The molecule has 96 valence electrons. The zero-order valence-corrected chi connectivity index (χ0v) is 12.4. The van der Waals surface area contributed by atoms with Crippen LogP contribution in [-0.2, 0) is 6.54 Å². The zero-order chi connectivity index (χ0) is 13.4. The molecule has 0 radical (unpaired) electrons. The molecular formula is C15H12BrClN2. The van der Waals surface area contributed by atoms with Gasteiger partial charge in [-0.15, -0.1) is 0 Å². The largest absolute Gasteiger partial charge is 0.399 e. The molecule has 2 aromatic carbocycles. The topological polar surface area (TPSA) is 30.9 Å². The van der Waals surface area contributed by atoms with Gasteiger partial charge in [-0.2, -0.15) is 0 Å². The van der Waals surface area contributed by atoms with Crippen LogP contribution >= 0.6 is 27.5 Å². The average molecular weight is 336 g/mol. The van der Waals surface area contributed by atoms with Crippen LogP contribution < -0.4 is 5.73 Å². The van der Waals surface area contributed by atoms with Crippen molar-refractivity contribution in [3.8, 4) is 0 Å². The maximum atomic E-state index is 6.26. The minimum Gasteiger partial charge on any atom is -0.399 e. The third kappa shape index (κ3) is 2.36. The van der Waals surface area contributed by atoms with Crippen molar-refractivity contribution in [2.45, 2.75) is 6.54 Å². The summed E-state index contributed by atoms with van der Waals surface area (Å²) < 4.78 is 3.16. The molecule has 2 N–H and O–H groups in total. The third-order valence-electron chi connectivity index (χ3n) is 3.16. The SMILES string of the molecule is Nc1ccc(Cn2cc(Cl)c3ccccc32)c(Br)c1. The first-order chi connectivity index (χ1) is 9.15. The summed E-state index contributed by atoms with van der Waals surface area (Å²) in [5.74, 6) is 0. The van der Waals surface area contributed by atoms with Gasteiger partial charge in [0.1, 0.15) is 0 Å². The number of nitrogen functional groups attached to an aromatic ring is 1. The number of hydrogen-bond donors (Lipinski definition) is 1. The Morgan fingerprint density at radius 1 is 1.16 bits per heavy atom. The quantitative estimate of drug-likeness (QED) is 0.677. The van der Waals surface area contributed by atoms with Crippen LogP contribution in [0.2, 0.25) is 5.02 Å². The molecule has 0 fully saturated rings. The molecule has 0 spiro atoms. The van der Waals surface area contributed by atoms with Gasteiger partial charge in [0.15, 0.2) is 0 Å². The zero-order valence-electron chi connectivity index (χ0n) is 10.1. The van der Waals surface area contributed by atoms with Crippen LogP contribution in [-0.4, -0.2) is 4.57 Å².